The average Bonchev–Trinajstić information content (AvgIpc) is 2.56. The molecule has 1 aromatic rings. The van der Waals surface area contributed by atoms with Crippen molar-refractivity contribution in [2.75, 3.05) is 7.05 Å². The van der Waals surface area contributed by atoms with Crippen molar-refractivity contribution in [3.63, 3.8) is 0 Å². The number of carbonyl (C=O) groups excluding carboxylic acids is 2. The maximum absolute atomic E-state index is 12.7. The quantitative estimate of drug-likeness (QED) is 0.830. The highest BCUT2D eigenvalue weighted by Crippen LogP contribution is 2.32. The molecule has 0 unspecified atom stereocenters. The van der Waals surface area contributed by atoms with Crippen LogP contribution in [-0.4, -0.2) is 51.7 Å². The summed E-state index contributed by atoms with van der Waals surface area (Å²) in [5, 5.41) is 11.4. The van der Waals surface area contributed by atoms with Gasteiger partial charge in [0.2, 0.25) is 0 Å². The molecule has 0 bridgehead atoms. The van der Waals surface area contributed by atoms with Gasteiger partial charge in [0, 0.05) is 7.05 Å². The van der Waals surface area contributed by atoms with E-state index in [2.05, 4.69) is 0 Å². The third-order valence-electron chi connectivity index (χ3n) is 4.48. The summed E-state index contributed by atoms with van der Waals surface area (Å²) in [6, 6.07) is 9.06. The maximum Gasteiger partial charge on any atom is 0.432 e. The van der Waals surface area contributed by atoms with Gasteiger partial charge in [0.05, 0.1) is 12.1 Å². The molecule has 1 N–H and O–H groups in total. The van der Waals surface area contributed by atoms with E-state index in [0.29, 0.717) is 0 Å². The molecule has 1 aromatic carbocycles. The average molecular weight is 369 g/mol. The molecule has 0 radical (unpaired) electrons. The van der Waals surface area contributed by atoms with Crippen LogP contribution in [0.25, 0.3) is 0 Å². The summed E-state index contributed by atoms with van der Waals surface area (Å²) in [6.07, 6.45) is -2.40. The van der Waals surface area contributed by atoms with Crippen LogP contribution in [0.3, 0.4) is 0 Å². The molecule has 4 atom stereocenters. The molecule has 25 heavy (non-hydrogen) atoms. The van der Waals surface area contributed by atoms with Crippen molar-refractivity contribution < 1.29 is 19.4 Å². The molecule has 0 aliphatic carbocycles. The smallest absolute Gasteiger partial charge is 0.432 e. The van der Waals surface area contributed by atoms with Gasteiger partial charge in [0.1, 0.15) is 11.5 Å². The van der Waals surface area contributed by atoms with Gasteiger partial charge in [0.25, 0.3) is 5.91 Å². The summed E-state index contributed by atoms with van der Waals surface area (Å²) in [4.78, 5) is 25.1. The summed E-state index contributed by atoms with van der Waals surface area (Å²) in [6.45, 7) is 7.17. The molecular formula is C18H25ClN2O4. The lowest BCUT2D eigenvalue weighted by atomic mass is 9.87. The monoisotopic (exact) mass is 368 g/mol. The van der Waals surface area contributed by atoms with Crippen molar-refractivity contribution in [2.24, 2.45) is 5.41 Å². The number of alkyl halides is 1. The van der Waals surface area contributed by atoms with E-state index in [-0.39, 0.29) is 6.04 Å². The Hall–Kier alpha value is -1.63. The molecule has 1 aliphatic heterocycles. The normalized spacial score (nSPS) is 24.6. The Morgan fingerprint density at radius 1 is 1.28 bits per heavy atom. The number of carbonyl (C=O) groups is 2. The van der Waals surface area contributed by atoms with Crippen molar-refractivity contribution in [1.82, 2.24) is 10.0 Å². The molecule has 1 fully saturated rings. The van der Waals surface area contributed by atoms with Gasteiger partial charge in [-0.05, 0) is 17.9 Å². The summed E-state index contributed by atoms with van der Waals surface area (Å²) in [5.74, 6) is -0.699. The van der Waals surface area contributed by atoms with Crippen LogP contribution in [0.5, 0.6) is 0 Å². The molecule has 138 valence electrons. The van der Waals surface area contributed by atoms with Crippen LogP contribution in [0.2, 0.25) is 0 Å². The van der Waals surface area contributed by atoms with Gasteiger partial charge >= 0.3 is 6.09 Å². The highest BCUT2D eigenvalue weighted by Gasteiger charge is 2.46. The number of hydrazine groups is 1. The first-order valence-corrected chi connectivity index (χ1v) is 8.63. The second-order valence-corrected chi connectivity index (χ2v) is 7.86. The molecule has 1 heterocycles. The zero-order valence-corrected chi connectivity index (χ0v) is 15.9. The van der Waals surface area contributed by atoms with Crippen LogP contribution in [-0.2, 0) is 9.53 Å². The van der Waals surface area contributed by atoms with Crippen molar-refractivity contribution >= 4 is 23.6 Å². The molecule has 0 aromatic heterocycles. The Morgan fingerprint density at radius 2 is 1.84 bits per heavy atom. The van der Waals surface area contributed by atoms with Crippen molar-refractivity contribution in [1.29, 1.82) is 0 Å². The third-order valence-corrected chi connectivity index (χ3v) is 4.91. The number of imide groups is 1. The fraction of sp³-hybridized carbons (Fsp3) is 0.556. The van der Waals surface area contributed by atoms with E-state index in [1.807, 2.05) is 37.3 Å². The number of aliphatic hydroxyl groups excluding tert-OH is 1. The van der Waals surface area contributed by atoms with Crippen LogP contribution < -0.4 is 0 Å². The largest absolute Gasteiger partial charge is 0.438 e. The number of amides is 2. The molecule has 2 amide bonds. The second kappa shape index (κ2) is 7.32. The molecular weight excluding hydrogens is 344 g/mol. The Balaban J connectivity index is 2.22. The number of halogens is 1. The first kappa shape index (κ1) is 19.7. The van der Waals surface area contributed by atoms with Gasteiger partial charge in [-0.2, -0.15) is 5.01 Å². The SMILES string of the molecule is C[C@H]1[C@@H](c2ccccc2)OC(=O)N(C(=O)[C@@H](Cl)[C@H](O)C(C)(C)C)N1C. The number of rotatable bonds is 3. The van der Waals surface area contributed by atoms with Gasteiger partial charge < -0.3 is 9.84 Å². The molecule has 0 saturated carbocycles. The molecule has 7 heteroatoms. The van der Waals surface area contributed by atoms with Gasteiger partial charge in [-0.1, -0.05) is 51.1 Å². The number of aliphatic hydroxyl groups is 1. The zero-order chi connectivity index (χ0) is 18.9. The lowest BCUT2D eigenvalue weighted by Crippen LogP contribution is -2.61. The Kier molecular flexibility index (Phi) is 5.76. The summed E-state index contributed by atoms with van der Waals surface area (Å²) >= 11 is 6.16. The van der Waals surface area contributed by atoms with Gasteiger partial charge in [-0.3, -0.25) is 4.79 Å². The number of nitrogens with zero attached hydrogens (tertiary/aromatic N) is 2. The van der Waals surface area contributed by atoms with E-state index in [1.54, 1.807) is 27.8 Å². The summed E-state index contributed by atoms with van der Waals surface area (Å²) < 4.78 is 5.49. The number of hydrogen-bond acceptors (Lipinski definition) is 5. The highest BCUT2D eigenvalue weighted by atomic mass is 35.5. The summed E-state index contributed by atoms with van der Waals surface area (Å²) in [5.41, 5.74) is 0.248. The zero-order valence-electron chi connectivity index (χ0n) is 15.1. The minimum absolute atomic E-state index is 0.278. The van der Waals surface area contributed by atoms with Crippen molar-refractivity contribution in [3.05, 3.63) is 35.9 Å². The van der Waals surface area contributed by atoms with E-state index in [4.69, 9.17) is 16.3 Å². The van der Waals surface area contributed by atoms with E-state index >= 15 is 0 Å². The number of hydrogen-bond donors (Lipinski definition) is 1. The Morgan fingerprint density at radius 3 is 2.36 bits per heavy atom. The second-order valence-electron chi connectivity index (χ2n) is 7.39. The molecule has 1 saturated heterocycles. The number of cyclic esters (lactones) is 1. The first-order valence-electron chi connectivity index (χ1n) is 8.20. The van der Waals surface area contributed by atoms with Gasteiger partial charge in [-0.15, -0.1) is 11.6 Å². The fourth-order valence-electron chi connectivity index (χ4n) is 2.69. The van der Waals surface area contributed by atoms with E-state index < -0.39 is 35.0 Å². The minimum Gasteiger partial charge on any atom is -0.438 e. The van der Waals surface area contributed by atoms with Gasteiger partial charge in [0.15, 0.2) is 0 Å². The molecule has 1 aliphatic rings. The third kappa shape index (κ3) is 3.97. The van der Waals surface area contributed by atoms with E-state index in [1.165, 1.54) is 5.01 Å². The number of likely N-dealkylation sites (N-methyl/N-ethyl adjacent to an activating group) is 1. The van der Waals surface area contributed by atoms with Crippen LogP contribution in [0.15, 0.2) is 30.3 Å². The van der Waals surface area contributed by atoms with Crippen molar-refractivity contribution in [2.45, 2.75) is 51.3 Å². The predicted molar refractivity (Wildman–Crippen MR) is 94.8 cm³/mol. The number of ether oxygens (including phenoxy) is 1. The van der Waals surface area contributed by atoms with Crippen LogP contribution in [0.4, 0.5) is 4.79 Å². The van der Waals surface area contributed by atoms with E-state index in [9.17, 15) is 14.7 Å². The fourth-order valence-corrected chi connectivity index (χ4v) is 3.16. The molecule has 2 rings (SSSR count). The Labute approximate surface area is 153 Å². The first-order chi connectivity index (χ1) is 11.6. The summed E-state index contributed by atoms with van der Waals surface area (Å²) in [7, 11) is 1.63. The standard InChI is InChI=1S/C18H25ClN2O4/c1-11-14(12-9-7-6-8-10-12)25-17(24)21(20(11)5)16(23)13(19)15(22)18(2,3)4/h6-11,13-15,22H,1-5H3/t11-,13-,14-,15-/m0/s1. The molecule has 0 spiro atoms. The Bertz CT molecular complexity index is 632. The van der Waals surface area contributed by atoms with Crippen LogP contribution in [0, 0.1) is 5.41 Å². The molecule has 6 nitrogen and oxygen atoms in total. The lowest BCUT2D eigenvalue weighted by molar-refractivity contribution is -0.165. The van der Waals surface area contributed by atoms with Crippen molar-refractivity contribution in [3.8, 4) is 0 Å². The predicted octanol–water partition coefficient (Wildman–Crippen LogP) is 2.96. The topological polar surface area (TPSA) is 70.1 Å². The highest BCUT2D eigenvalue weighted by molar-refractivity contribution is 6.32. The lowest BCUT2D eigenvalue weighted by Gasteiger charge is -2.44. The van der Waals surface area contributed by atoms with E-state index in [0.717, 1.165) is 10.6 Å². The minimum atomic E-state index is -1.25. The van der Waals surface area contributed by atoms with Crippen LogP contribution in [0.1, 0.15) is 39.4 Å². The van der Waals surface area contributed by atoms with Crippen LogP contribution >= 0.6 is 11.6 Å². The number of benzene rings is 1. The maximum atomic E-state index is 12.7. The van der Waals surface area contributed by atoms with Gasteiger partial charge in [-0.25, -0.2) is 9.80 Å².